The highest BCUT2D eigenvalue weighted by molar-refractivity contribution is 8.01. The fraction of sp³-hybridized carbons (Fsp3) is 0.452. The van der Waals surface area contributed by atoms with Crippen molar-refractivity contribution < 1.29 is 34.2 Å². The van der Waals surface area contributed by atoms with Crippen LogP contribution in [0.3, 0.4) is 0 Å². The first-order chi connectivity index (χ1) is 20.7. The van der Waals surface area contributed by atoms with Gasteiger partial charge in [0.1, 0.15) is 18.1 Å². The van der Waals surface area contributed by atoms with Gasteiger partial charge in [-0.15, -0.1) is 23.5 Å². The maximum atomic E-state index is 14.5. The maximum Gasteiger partial charge on any atom is 0.327 e. The second-order valence-electron chi connectivity index (χ2n) is 11.9. The maximum absolute atomic E-state index is 14.5. The Morgan fingerprint density at radius 3 is 1.86 bits per heavy atom. The highest BCUT2D eigenvalue weighted by atomic mass is 32.2. The first-order valence-electron chi connectivity index (χ1n) is 14.2. The van der Waals surface area contributed by atoms with Crippen LogP contribution in [0.5, 0.6) is 0 Å². The van der Waals surface area contributed by atoms with Gasteiger partial charge in [0.05, 0.1) is 23.6 Å². The summed E-state index contributed by atoms with van der Waals surface area (Å²) in [5.41, 5.74) is 1.52. The lowest BCUT2D eigenvalue weighted by molar-refractivity contribution is -0.152. The molecule has 0 aromatic heterocycles. The molecule has 5 atom stereocenters. The van der Waals surface area contributed by atoms with E-state index in [1.165, 1.54) is 28.4 Å². The molecule has 2 aliphatic rings. The molecule has 0 aliphatic carbocycles. The summed E-state index contributed by atoms with van der Waals surface area (Å²) in [7, 11) is 0. The minimum absolute atomic E-state index is 0.0194. The fourth-order valence-corrected chi connectivity index (χ4v) is 8.64. The molecule has 2 fully saturated rings. The Hall–Kier alpha value is -3.55. The Kier molecular flexibility index (Phi) is 10.3. The van der Waals surface area contributed by atoms with Crippen molar-refractivity contribution in [1.29, 1.82) is 0 Å². The van der Waals surface area contributed by atoms with E-state index >= 15 is 0 Å². The Morgan fingerprint density at radius 2 is 1.36 bits per heavy atom. The third kappa shape index (κ3) is 7.74. The van der Waals surface area contributed by atoms with Crippen LogP contribution in [-0.4, -0.2) is 89.7 Å². The second-order valence-corrected chi connectivity index (χ2v) is 15.5. The van der Waals surface area contributed by atoms with Gasteiger partial charge in [0.25, 0.3) is 0 Å². The minimum Gasteiger partial charge on any atom is -0.480 e. The van der Waals surface area contributed by atoms with E-state index in [4.69, 9.17) is 0 Å². The predicted molar refractivity (Wildman–Crippen MR) is 169 cm³/mol. The van der Waals surface area contributed by atoms with Crippen molar-refractivity contribution in [3.8, 4) is 0 Å². The molecule has 3 amide bonds. The summed E-state index contributed by atoms with van der Waals surface area (Å²) >= 11 is 2.45. The van der Waals surface area contributed by atoms with E-state index in [0.29, 0.717) is 5.56 Å². The number of carboxylic acids is 2. The number of nitrogens with zero attached hydrogens (tertiary/aromatic N) is 1. The molecule has 2 saturated heterocycles. The van der Waals surface area contributed by atoms with Crippen molar-refractivity contribution in [2.45, 2.75) is 78.9 Å². The summed E-state index contributed by atoms with van der Waals surface area (Å²) in [6.45, 7) is 6.89. The van der Waals surface area contributed by atoms with Gasteiger partial charge in [0.15, 0.2) is 0 Å². The average molecular weight is 643 g/mol. The summed E-state index contributed by atoms with van der Waals surface area (Å²) in [4.78, 5) is 66.5. The zero-order valence-electron chi connectivity index (χ0n) is 25.0. The number of carbonyl (C=O) groups excluding carboxylic acids is 3. The van der Waals surface area contributed by atoms with Gasteiger partial charge in [-0.25, -0.2) is 4.79 Å². The van der Waals surface area contributed by atoms with Crippen molar-refractivity contribution >= 4 is 53.2 Å². The molecule has 13 heteroatoms. The second kappa shape index (κ2) is 13.6. The molecule has 44 heavy (non-hydrogen) atoms. The standard InChI is InChI=1S/C31H38N4O7S2/c1-30(2)24(28(39)40)34-26(44-30)23(33-21(37)16-19-13-9-6-10-14-19)27(38)35-22(43-31(3,4)25(35)29(41)42)17-32-20(36)15-18-11-7-5-8-12-18/h5-14,22-26,34H,15-17H2,1-4H3,(H,32,36)(H,33,37)(H,39,40)(H,41,42)/t22?,23?,24-,25-,26?/m0/s1. The SMILES string of the molecule is CC1(C)SC(CNC(=O)Cc2ccccc2)N(C(=O)C(NC(=O)Cc2ccccc2)C2N[C@@H](C(=O)O)C(C)(C)S2)[C@H]1C(=O)O. The molecule has 0 radical (unpaired) electrons. The van der Waals surface area contributed by atoms with E-state index in [0.717, 1.165) is 5.56 Å². The normalized spacial score (nSPS) is 24.3. The van der Waals surface area contributed by atoms with Crippen molar-refractivity contribution in [2.24, 2.45) is 0 Å². The van der Waals surface area contributed by atoms with Crippen molar-refractivity contribution in [2.75, 3.05) is 6.54 Å². The predicted octanol–water partition coefficient (Wildman–Crippen LogP) is 2.10. The Morgan fingerprint density at radius 1 is 0.818 bits per heavy atom. The summed E-state index contributed by atoms with van der Waals surface area (Å²) in [5, 5.41) is 27.1. The van der Waals surface area contributed by atoms with Gasteiger partial charge in [0.2, 0.25) is 17.7 Å². The number of amides is 3. The number of rotatable bonds is 11. The van der Waals surface area contributed by atoms with Crippen LogP contribution in [0.2, 0.25) is 0 Å². The number of benzene rings is 2. The molecular weight excluding hydrogens is 604 g/mol. The molecule has 0 saturated carbocycles. The number of hydrogen-bond donors (Lipinski definition) is 5. The number of thioether (sulfide) groups is 2. The number of carboxylic acid groups (broad SMARTS) is 2. The van der Waals surface area contributed by atoms with Crippen LogP contribution in [0.15, 0.2) is 60.7 Å². The molecule has 2 aromatic rings. The average Bonchev–Trinajstić information content (AvgIpc) is 3.42. The molecule has 4 rings (SSSR count). The molecule has 2 heterocycles. The zero-order chi connectivity index (χ0) is 32.2. The van der Waals surface area contributed by atoms with Crippen LogP contribution in [0.25, 0.3) is 0 Å². The topological polar surface area (TPSA) is 165 Å². The van der Waals surface area contributed by atoms with Gasteiger partial charge in [-0.2, -0.15) is 0 Å². The van der Waals surface area contributed by atoms with E-state index in [2.05, 4.69) is 16.0 Å². The summed E-state index contributed by atoms with van der Waals surface area (Å²) in [6, 6.07) is 14.5. The zero-order valence-corrected chi connectivity index (χ0v) is 26.6. The van der Waals surface area contributed by atoms with Gasteiger partial charge < -0.3 is 25.7 Å². The molecule has 236 valence electrons. The summed E-state index contributed by atoms with van der Waals surface area (Å²) in [5.74, 6) is -3.76. The first kappa shape index (κ1) is 33.3. The van der Waals surface area contributed by atoms with Crippen LogP contribution < -0.4 is 16.0 Å². The van der Waals surface area contributed by atoms with Crippen LogP contribution in [0.1, 0.15) is 38.8 Å². The van der Waals surface area contributed by atoms with Crippen LogP contribution in [0.4, 0.5) is 0 Å². The van der Waals surface area contributed by atoms with E-state index < -0.39 is 62.1 Å². The lowest BCUT2D eigenvalue weighted by atomic mass is 10.00. The van der Waals surface area contributed by atoms with Gasteiger partial charge >= 0.3 is 11.9 Å². The molecule has 2 aromatic carbocycles. The Labute approximate surface area is 264 Å². The van der Waals surface area contributed by atoms with Gasteiger partial charge in [0, 0.05) is 16.0 Å². The molecule has 0 spiro atoms. The molecule has 0 bridgehead atoms. The smallest absolute Gasteiger partial charge is 0.327 e. The van der Waals surface area contributed by atoms with Crippen molar-refractivity contribution in [1.82, 2.24) is 20.9 Å². The molecule has 11 nitrogen and oxygen atoms in total. The number of nitrogens with one attached hydrogen (secondary N) is 3. The van der Waals surface area contributed by atoms with Crippen LogP contribution in [0, 0.1) is 0 Å². The fourth-order valence-electron chi connectivity index (χ4n) is 5.60. The Bertz CT molecular complexity index is 1390. The molecule has 5 N–H and O–H groups in total. The Balaban J connectivity index is 1.62. The number of carbonyl (C=O) groups is 5. The van der Waals surface area contributed by atoms with Crippen molar-refractivity contribution in [3.63, 3.8) is 0 Å². The van der Waals surface area contributed by atoms with Crippen LogP contribution >= 0.6 is 23.5 Å². The highest BCUT2D eigenvalue weighted by Crippen LogP contribution is 2.46. The van der Waals surface area contributed by atoms with Gasteiger partial charge in [-0.05, 0) is 38.8 Å². The van der Waals surface area contributed by atoms with E-state index in [9.17, 15) is 34.2 Å². The lowest BCUT2D eigenvalue weighted by Crippen LogP contribution is -2.62. The largest absolute Gasteiger partial charge is 0.480 e. The first-order valence-corrected chi connectivity index (χ1v) is 16.0. The van der Waals surface area contributed by atoms with Gasteiger partial charge in [-0.3, -0.25) is 24.5 Å². The molecular formula is C31H38N4O7S2. The highest BCUT2D eigenvalue weighted by Gasteiger charge is 2.57. The number of hydrogen-bond acceptors (Lipinski definition) is 8. The third-order valence-corrected chi connectivity index (χ3v) is 10.7. The van der Waals surface area contributed by atoms with E-state index in [-0.39, 0.29) is 25.3 Å². The third-order valence-electron chi connectivity index (χ3n) is 7.65. The van der Waals surface area contributed by atoms with Crippen molar-refractivity contribution in [3.05, 3.63) is 71.8 Å². The quantitative estimate of drug-likeness (QED) is 0.245. The van der Waals surface area contributed by atoms with Crippen LogP contribution in [-0.2, 0) is 36.8 Å². The minimum atomic E-state index is -1.29. The summed E-state index contributed by atoms with van der Waals surface area (Å²) in [6.07, 6.45) is 0.0831. The monoisotopic (exact) mass is 642 g/mol. The van der Waals surface area contributed by atoms with Gasteiger partial charge in [-0.1, -0.05) is 60.7 Å². The molecule has 2 aliphatic heterocycles. The lowest BCUT2D eigenvalue weighted by Gasteiger charge is -2.35. The van der Waals surface area contributed by atoms with E-state index in [1.807, 2.05) is 36.4 Å². The summed E-state index contributed by atoms with van der Waals surface area (Å²) < 4.78 is -1.77. The molecule has 3 unspecified atom stereocenters. The van der Waals surface area contributed by atoms with E-state index in [1.54, 1.807) is 52.0 Å². The number of aliphatic carboxylic acids is 2.